The van der Waals surface area contributed by atoms with E-state index in [1.807, 2.05) is 41.8 Å². The van der Waals surface area contributed by atoms with Gasteiger partial charge in [-0.3, -0.25) is 4.57 Å². The molecule has 0 radical (unpaired) electrons. The van der Waals surface area contributed by atoms with Gasteiger partial charge in [-0.25, -0.2) is 9.37 Å². The number of ether oxygens (including phenoxy) is 1. The number of benzene rings is 2. The summed E-state index contributed by atoms with van der Waals surface area (Å²) in [4.78, 5) is 4.53. The van der Waals surface area contributed by atoms with Gasteiger partial charge in [-0.05, 0) is 31.2 Å². The molecule has 0 bridgehead atoms. The van der Waals surface area contributed by atoms with Crippen LogP contribution >= 0.6 is 24.8 Å². The summed E-state index contributed by atoms with van der Waals surface area (Å²) in [6, 6.07) is 12.3. The number of rotatable bonds is 3. The van der Waals surface area contributed by atoms with Gasteiger partial charge in [0.2, 0.25) is 0 Å². The molecule has 0 aliphatic rings. The number of methoxy groups -OCH3 is 1. The lowest BCUT2D eigenvalue weighted by Gasteiger charge is -2.13. The number of halogens is 3. The van der Waals surface area contributed by atoms with Gasteiger partial charge in [0.05, 0.1) is 18.7 Å². The van der Waals surface area contributed by atoms with Crippen molar-refractivity contribution in [1.82, 2.24) is 9.55 Å². The normalized spacial score (nSPS) is 11.5. The fourth-order valence-electron chi connectivity index (χ4n) is 2.47. The number of para-hydroxylation sites is 1. The molecule has 124 valence electrons. The second-order valence-electron chi connectivity index (χ2n) is 4.88. The average molecular weight is 358 g/mol. The number of nitrogens with zero attached hydrogens (tertiary/aromatic N) is 2. The minimum absolute atomic E-state index is 0. The molecule has 23 heavy (non-hydrogen) atoms. The zero-order chi connectivity index (χ0) is 15.0. The summed E-state index contributed by atoms with van der Waals surface area (Å²) in [5.41, 5.74) is 8.15. The van der Waals surface area contributed by atoms with Crippen molar-refractivity contribution < 1.29 is 9.13 Å². The van der Waals surface area contributed by atoms with Gasteiger partial charge < -0.3 is 10.5 Å². The minimum Gasteiger partial charge on any atom is -0.491 e. The van der Waals surface area contributed by atoms with Crippen LogP contribution < -0.4 is 10.5 Å². The summed E-state index contributed by atoms with van der Waals surface area (Å²) < 4.78 is 21.1. The number of imidazole rings is 1. The van der Waals surface area contributed by atoms with E-state index in [0.29, 0.717) is 16.9 Å². The van der Waals surface area contributed by atoms with E-state index in [2.05, 4.69) is 4.98 Å². The molecule has 0 unspecified atom stereocenters. The number of hydrogen-bond acceptors (Lipinski definition) is 3. The Morgan fingerprint density at radius 1 is 1.13 bits per heavy atom. The van der Waals surface area contributed by atoms with Crippen LogP contribution in [0, 0.1) is 5.82 Å². The smallest absolute Gasteiger partial charge is 0.180 e. The maximum absolute atomic E-state index is 14.0. The highest BCUT2D eigenvalue weighted by molar-refractivity contribution is 5.86. The van der Waals surface area contributed by atoms with Crippen LogP contribution in [0.4, 0.5) is 4.39 Å². The molecule has 0 aliphatic heterocycles. The van der Waals surface area contributed by atoms with Crippen molar-refractivity contribution in [3.8, 4) is 11.4 Å². The van der Waals surface area contributed by atoms with Gasteiger partial charge >= 0.3 is 0 Å². The highest BCUT2D eigenvalue weighted by atomic mass is 35.5. The van der Waals surface area contributed by atoms with Crippen molar-refractivity contribution in [2.24, 2.45) is 5.73 Å². The predicted octanol–water partition coefficient (Wildman–Crippen LogP) is 4.04. The largest absolute Gasteiger partial charge is 0.491 e. The minimum atomic E-state index is -0.418. The Morgan fingerprint density at radius 3 is 2.35 bits per heavy atom. The fourth-order valence-corrected chi connectivity index (χ4v) is 2.47. The molecular formula is C16H18Cl2FN3O. The molecule has 0 saturated heterocycles. The van der Waals surface area contributed by atoms with Crippen molar-refractivity contribution in [3.63, 3.8) is 0 Å². The lowest BCUT2D eigenvalue weighted by molar-refractivity contribution is 0.390. The van der Waals surface area contributed by atoms with E-state index in [-0.39, 0.29) is 36.6 Å². The number of fused-ring (bicyclic) bond motifs is 1. The first kappa shape index (κ1) is 19.2. The highest BCUT2D eigenvalue weighted by Gasteiger charge is 2.20. The first-order valence-electron chi connectivity index (χ1n) is 6.69. The lowest BCUT2D eigenvalue weighted by Crippen LogP contribution is -2.12. The van der Waals surface area contributed by atoms with Crippen molar-refractivity contribution >= 4 is 35.8 Å². The number of nitrogens with two attached hydrogens (primary N) is 1. The monoisotopic (exact) mass is 357 g/mol. The zero-order valence-corrected chi connectivity index (χ0v) is 14.3. The molecule has 0 saturated carbocycles. The Kier molecular flexibility index (Phi) is 6.38. The summed E-state index contributed by atoms with van der Waals surface area (Å²) in [7, 11) is 1.45. The van der Waals surface area contributed by atoms with Gasteiger partial charge in [-0.2, -0.15) is 0 Å². The van der Waals surface area contributed by atoms with Crippen LogP contribution in [-0.4, -0.2) is 16.7 Å². The summed E-state index contributed by atoms with van der Waals surface area (Å²) in [6.07, 6.45) is 0. The molecule has 3 rings (SSSR count). The van der Waals surface area contributed by atoms with Crippen LogP contribution in [-0.2, 0) is 0 Å². The maximum Gasteiger partial charge on any atom is 0.180 e. The van der Waals surface area contributed by atoms with E-state index in [4.69, 9.17) is 10.5 Å². The standard InChI is InChI=1S/C16H16FN3O.2ClH/c1-10(18)16-19-13-9-8-12(17)15(21-2)14(13)20(16)11-6-4-3-5-7-11;;/h3-10H,18H2,1-2H3;2*1H/t10-;;/m0../s1. The van der Waals surface area contributed by atoms with Crippen LogP contribution in [0.1, 0.15) is 18.8 Å². The van der Waals surface area contributed by atoms with Crippen molar-refractivity contribution in [1.29, 1.82) is 0 Å². The molecule has 0 amide bonds. The summed E-state index contributed by atoms with van der Waals surface area (Å²) in [6.45, 7) is 1.85. The molecule has 1 heterocycles. The van der Waals surface area contributed by atoms with Crippen molar-refractivity contribution in [2.75, 3.05) is 7.11 Å². The molecule has 1 aromatic heterocycles. The Labute approximate surface area is 146 Å². The van der Waals surface area contributed by atoms with Crippen molar-refractivity contribution in [3.05, 3.63) is 54.1 Å². The van der Waals surface area contributed by atoms with Crippen LogP contribution in [0.5, 0.6) is 5.75 Å². The summed E-state index contributed by atoms with van der Waals surface area (Å²) >= 11 is 0. The average Bonchev–Trinajstić information content (AvgIpc) is 2.88. The Morgan fingerprint density at radius 2 is 1.78 bits per heavy atom. The van der Waals surface area contributed by atoms with E-state index in [0.717, 1.165) is 5.69 Å². The van der Waals surface area contributed by atoms with E-state index in [9.17, 15) is 4.39 Å². The molecule has 4 nitrogen and oxygen atoms in total. The van der Waals surface area contributed by atoms with Gasteiger partial charge in [0, 0.05) is 5.69 Å². The second-order valence-corrected chi connectivity index (χ2v) is 4.88. The van der Waals surface area contributed by atoms with Gasteiger partial charge in [-0.1, -0.05) is 18.2 Å². The molecule has 0 aliphatic carbocycles. The second kappa shape index (κ2) is 7.64. The first-order chi connectivity index (χ1) is 10.1. The maximum atomic E-state index is 14.0. The molecule has 0 spiro atoms. The third-order valence-electron chi connectivity index (χ3n) is 3.38. The van der Waals surface area contributed by atoms with E-state index in [1.165, 1.54) is 13.2 Å². The van der Waals surface area contributed by atoms with Crippen LogP contribution in [0.3, 0.4) is 0 Å². The quantitative estimate of drug-likeness (QED) is 0.769. The summed E-state index contributed by atoms with van der Waals surface area (Å²) in [5, 5.41) is 0. The molecule has 7 heteroatoms. The number of hydrogen-bond donors (Lipinski definition) is 1. The third kappa shape index (κ3) is 3.27. The fraction of sp³-hybridized carbons (Fsp3) is 0.188. The van der Waals surface area contributed by atoms with E-state index in [1.54, 1.807) is 6.07 Å². The SMILES string of the molecule is COc1c(F)ccc2nc([C@H](C)N)n(-c3ccccc3)c12.Cl.Cl. The van der Waals surface area contributed by atoms with Gasteiger partial charge in [0.25, 0.3) is 0 Å². The molecule has 2 N–H and O–H groups in total. The summed E-state index contributed by atoms with van der Waals surface area (Å²) in [5.74, 6) is 0.425. The predicted molar refractivity (Wildman–Crippen MR) is 94.7 cm³/mol. The number of aromatic nitrogens is 2. The van der Waals surface area contributed by atoms with Crippen LogP contribution in [0.15, 0.2) is 42.5 Å². The van der Waals surface area contributed by atoms with E-state index < -0.39 is 5.82 Å². The molecule has 3 aromatic rings. The Bertz CT molecular complexity index is 791. The molecule has 1 atom stereocenters. The van der Waals surface area contributed by atoms with Gasteiger partial charge in [0.15, 0.2) is 11.6 Å². The third-order valence-corrected chi connectivity index (χ3v) is 3.38. The molecule has 2 aromatic carbocycles. The highest BCUT2D eigenvalue weighted by Crippen LogP contribution is 2.33. The van der Waals surface area contributed by atoms with Gasteiger partial charge in [-0.15, -0.1) is 24.8 Å². The van der Waals surface area contributed by atoms with Crippen LogP contribution in [0.2, 0.25) is 0 Å². The topological polar surface area (TPSA) is 53.1 Å². The zero-order valence-electron chi connectivity index (χ0n) is 12.7. The molecular weight excluding hydrogens is 340 g/mol. The lowest BCUT2D eigenvalue weighted by atomic mass is 10.2. The molecule has 0 fully saturated rings. The van der Waals surface area contributed by atoms with Crippen LogP contribution in [0.25, 0.3) is 16.7 Å². The Balaban J connectivity index is 0.00000132. The van der Waals surface area contributed by atoms with Gasteiger partial charge in [0.1, 0.15) is 11.3 Å². The first-order valence-corrected chi connectivity index (χ1v) is 6.69. The van der Waals surface area contributed by atoms with E-state index >= 15 is 0 Å². The Hall–Kier alpha value is -1.82. The van der Waals surface area contributed by atoms with Crippen molar-refractivity contribution in [2.45, 2.75) is 13.0 Å².